The highest BCUT2D eigenvalue weighted by atomic mass is 16.5. The third kappa shape index (κ3) is 2.75. The highest BCUT2D eigenvalue weighted by molar-refractivity contribution is 5.97. The van der Waals surface area contributed by atoms with Gasteiger partial charge in [0.05, 0.1) is 31.0 Å². The van der Waals surface area contributed by atoms with Crippen LogP contribution in [0.5, 0.6) is 5.75 Å². The number of allylic oxidation sites excluding steroid dienone is 2. The summed E-state index contributed by atoms with van der Waals surface area (Å²) in [5.74, 6) is 1.32. The minimum Gasteiger partial charge on any atom is -0.494 e. The van der Waals surface area contributed by atoms with E-state index in [1.165, 1.54) is 18.2 Å². The standard InChI is InChI=1S/C22H23NO3/c1-3-26-15-12-10-14(11-13-15)20-17-7-4-6-16(17)18-8-5-9-19(21(18)23-20)22(24)25-2/h4-6,8-13,16-17,20,23H,3,7H2,1-2H3. The molecule has 26 heavy (non-hydrogen) atoms. The van der Waals surface area contributed by atoms with Gasteiger partial charge < -0.3 is 14.8 Å². The second-order valence-corrected chi connectivity index (χ2v) is 6.74. The molecule has 0 spiro atoms. The maximum Gasteiger partial charge on any atom is 0.339 e. The molecule has 3 atom stereocenters. The largest absolute Gasteiger partial charge is 0.494 e. The van der Waals surface area contributed by atoms with Gasteiger partial charge in [0.15, 0.2) is 0 Å². The van der Waals surface area contributed by atoms with E-state index in [4.69, 9.17) is 9.47 Å². The summed E-state index contributed by atoms with van der Waals surface area (Å²) in [6.07, 6.45) is 5.54. The van der Waals surface area contributed by atoms with E-state index in [1.807, 2.05) is 31.2 Å². The number of para-hydroxylation sites is 1. The first-order valence-corrected chi connectivity index (χ1v) is 9.10. The minimum atomic E-state index is -0.305. The Kier molecular flexibility index (Phi) is 4.41. The zero-order chi connectivity index (χ0) is 18.1. The molecule has 1 N–H and O–H groups in total. The molecule has 0 saturated heterocycles. The van der Waals surface area contributed by atoms with Gasteiger partial charge in [-0.05, 0) is 48.6 Å². The van der Waals surface area contributed by atoms with Crippen LogP contribution in [0.2, 0.25) is 0 Å². The fraction of sp³-hybridized carbons (Fsp3) is 0.318. The molecule has 0 fully saturated rings. The number of carbonyl (C=O) groups is 1. The summed E-state index contributed by atoms with van der Waals surface area (Å²) in [5, 5.41) is 3.64. The number of fused-ring (bicyclic) bond motifs is 3. The molecule has 4 rings (SSSR count). The average molecular weight is 349 g/mol. The first-order chi connectivity index (χ1) is 12.7. The lowest BCUT2D eigenvalue weighted by Crippen LogP contribution is -2.30. The lowest BCUT2D eigenvalue weighted by Gasteiger charge is -2.38. The number of methoxy groups -OCH3 is 1. The van der Waals surface area contributed by atoms with E-state index in [2.05, 4.69) is 35.7 Å². The van der Waals surface area contributed by atoms with E-state index in [-0.39, 0.29) is 12.0 Å². The van der Waals surface area contributed by atoms with Crippen LogP contribution in [-0.2, 0) is 4.74 Å². The van der Waals surface area contributed by atoms with Crippen molar-refractivity contribution in [3.63, 3.8) is 0 Å². The molecule has 0 saturated carbocycles. The number of anilines is 1. The van der Waals surface area contributed by atoms with E-state index >= 15 is 0 Å². The number of nitrogens with one attached hydrogen (secondary N) is 1. The summed E-state index contributed by atoms with van der Waals surface area (Å²) in [7, 11) is 1.42. The Labute approximate surface area is 153 Å². The van der Waals surface area contributed by atoms with Crippen molar-refractivity contribution in [2.45, 2.75) is 25.3 Å². The topological polar surface area (TPSA) is 47.6 Å². The van der Waals surface area contributed by atoms with Gasteiger partial charge >= 0.3 is 5.97 Å². The predicted octanol–water partition coefficient (Wildman–Crippen LogP) is 4.70. The molecule has 2 aliphatic rings. The predicted molar refractivity (Wildman–Crippen MR) is 102 cm³/mol. The van der Waals surface area contributed by atoms with Gasteiger partial charge in [-0.15, -0.1) is 0 Å². The summed E-state index contributed by atoms with van der Waals surface area (Å²) >= 11 is 0. The molecule has 1 aliphatic heterocycles. The number of rotatable bonds is 4. The number of esters is 1. The van der Waals surface area contributed by atoms with Crippen LogP contribution < -0.4 is 10.1 Å². The maximum atomic E-state index is 12.2. The zero-order valence-corrected chi connectivity index (χ0v) is 15.1. The summed E-state index contributed by atoms with van der Waals surface area (Å²) < 4.78 is 10.5. The van der Waals surface area contributed by atoms with Crippen molar-refractivity contribution in [1.29, 1.82) is 0 Å². The summed E-state index contributed by atoms with van der Waals surface area (Å²) in [6.45, 7) is 2.64. The first kappa shape index (κ1) is 16.7. The van der Waals surface area contributed by atoms with Gasteiger partial charge in [0, 0.05) is 5.92 Å². The average Bonchev–Trinajstić information content (AvgIpc) is 3.17. The van der Waals surface area contributed by atoms with E-state index in [0.717, 1.165) is 17.9 Å². The Bertz CT molecular complexity index is 841. The molecule has 1 aliphatic carbocycles. The zero-order valence-electron chi connectivity index (χ0n) is 15.1. The summed E-state index contributed by atoms with van der Waals surface area (Å²) in [4.78, 5) is 12.2. The molecule has 2 aromatic carbocycles. The molecule has 1 heterocycles. The van der Waals surface area contributed by atoms with Crippen molar-refractivity contribution in [2.75, 3.05) is 19.0 Å². The lowest BCUT2D eigenvalue weighted by molar-refractivity contribution is 0.0601. The second-order valence-electron chi connectivity index (χ2n) is 6.74. The van der Waals surface area contributed by atoms with E-state index < -0.39 is 0 Å². The fourth-order valence-electron chi connectivity index (χ4n) is 4.17. The number of hydrogen-bond acceptors (Lipinski definition) is 4. The molecule has 2 aromatic rings. The monoisotopic (exact) mass is 349 g/mol. The van der Waals surface area contributed by atoms with Crippen LogP contribution >= 0.6 is 0 Å². The maximum absolute atomic E-state index is 12.2. The summed E-state index contributed by atoms with van der Waals surface area (Å²) in [5.41, 5.74) is 3.87. The van der Waals surface area contributed by atoms with Crippen molar-refractivity contribution in [3.05, 3.63) is 71.3 Å². The van der Waals surface area contributed by atoms with Gasteiger partial charge in [0.1, 0.15) is 5.75 Å². The van der Waals surface area contributed by atoms with Crippen LogP contribution in [0.25, 0.3) is 0 Å². The van der Waals surface area contributed by atoms with Crippen LogP contribution in [0.3, 0.4) is 0 Å². The molecule has 0 bridgehead atoms. The highest BCUT2D eigenvalue weighted by Crippen LogP contribution is 2.50. The molecule has 0 amide bonds. The smallest absolute Gasteiger partial charge is 0.339 e. The van der Waals surface area contributed by atoms with E-state index in [9.17, 15) is 4.79 Å². The molecule has 4 heteroatoms. The van der Waals surface area contributed by atoms with Gasteiger partial charge in [-0.3, -0.25) is 0 Å². The van der Waals surface area contributed by atoms with Crippen molar-refractivity contribution in [3.8, 4) is 5.75 Å². The molecule has 4 nitrogen and oxygen atoms in total. The van der Waals surface area contributed by atoms with Crippen LogP contribution in [0.4, 0.5) is 5.69 Å². The summed E-state index contributed by atoms with van der Waals surface area (Å²) in [6, 6.07) is 14.3. The van der Waals surface area contributed by atoms with E-state index in [0.29, 0.717) is 24.0 Å². The fourth-order valence-corrected chi connectivity index (χ4v) is 4.17. The van der Waals surface area contributed by atoms with Gasteiger partial charge in [-0.25, -0.2) is 4.79 Å². The number of ether oxygens (including phenoxy) is 2. The van der Waals surface area contributed by atoms with Crippen LogP contribution in [0, 0.1) is 5.92 Å². The van der Waals surface area contributed by atoms with Crippen LogP contribution in [0.1, 0.15) is 46.8 Å². The van der Waals surface area contributed by atoms with Crippen molar-refractivity contribution < 1.29 is 14.3 Å². The molecule has 134 valence electrons. The van der Waals surface area contributed by atoms with Gasteiger partial charge in [-0.2, -0.15) is 0 Å². The number of carbonyl (C=O) groups excluding carboxylic acids is 1. The van der Waals surface area contributed by atoms with Gasteiger partial charge in [0.2, 0.25) is 0 Å². The Balaban J connectivity index is 1.74. The molecular formula is C22H23NO3. The Morgan fingerprint density at radius 3 is 2.73 bits per heavy atom. The Hall–Kier alpha value is -2.75. The van der Waals surface area contributed by atoms with Crippen LogP contribution in [-0.4, -0.2) is 19.7 Å². The Morgan fingerprint density at radius 1 is 1.19 bits per heavy atom. The van der Waals surface area contributed by atoms with E-state index in [1.54, 1.807) is 0 Å². The highest BCUT2D eigenvalue weighted by Gasteiger charge is 2.39. The van der Waals surface area contributed by atoms with Gasteiger partial charge in [-0.1, -0.05) is 36.4 Å². The second kappa shape index (κ2) is 6.87. The third-order valence-electron chi connectivity index (χ3n) is 5.35. The van der Waals surface area contributed by atoms with Crippen molar-refractivity contribution in [1.82, 2.24) is 0 Å². The van der Waals surface area contributed by atoms with Crippen molar-refractivity contribution in [2.24, 2.45) is 5.92 Å². The van der Waals surface area contributed by atoms with Crippen LogP contribution in [0.15, 0.2) is 54.6 Å². The number of benzene rings is 2. The first-order valence-electron chi connectivity index (χ1n) is 9.10. The van der Waals surface area contributed by atoms with Gasteiger partial charge in [0.25, 0.3) is 0 Å². The molecule has 0 aromatic heterocycles. The number of hydrogen-bond donors (Lipinski definition) is 1. The third-order valence-corrected chi connectivity index (χ3v) is 5.35. The SMILES string of the molecule is CCOc1ccc(C2Nc3c(C(=O)OC)cccc3C3C=CCC32)cc1. The molecule has 3 unspecified atom stereocenters. The Morgan fingerprint density at radius 2 is 2.00 bits per heavy atom. The molecule has 0 radical (unpaired) electrons. The lowest BCUT2D eigenvalue weighted by atomic mass is 9.76. The normalized spacial score (nSPS) is 22.9. The molecular weight excluding hydrogens is 326 g/mol. The quantitative estimate of drug-likeness (QED) is 0.642. The minimum absolute atomic E-state index is 0.143. The van der Waals surface area contributed by atoms with Crippen molar-refractivity contribution >= 4 is 11.7 Å².